The van der Waals surface area contributed by atoms with Crippen LogP contribution in [0.4, 0.5) is 11.8 Å². The number of rotatable bonds is 3. The van der Waals surface area contributed by atoms with Crippen LogP contribution in [0.1, 0.15) is 24.5 Å². The molecule has 3 aromatic rings. The zero-order valence-electron chi connectivity index (χ0n) is 15.9. The van der Waals surface area contributed by atoms with Gasteiger partial charge in [-0.2, -0.15) is 5.26 Å². The molecule has 5 rings (SSSR count). The van der Waals surface area contributed by atoms with Crippen molar-refractivity contribution < 1.29 is 0 Å². The Kier molecular flexibility index (Phi) is 4.64. The standard InChI is InChI=1S/C21H20ClN7/c22-17-2-1-3-18-16(17)11-26-21(27-18)29-12-15(13-29)19-20(25-7-6-24-19)28-8-4-14(10-23)5-9-28/h1-3,6-7,11,14-15H,4-5,8-9,12-13H2. The third-order valence-corrected chi connectivity index (χ3v) is 6.12. The van der Waals surface area contributed by atoms with Gasteiger partial charge in [-0.25, -0.2) is 15.0 Å². The van der Waals surface area contributed by atoms with E-state index in [9.17, 15) is 0 Å². The smallest absolute Gasteiger partial charge is 0.225 e. The quantitative estimate of drug-likeness (QED) is 0.660. The molecule has 0 N–H and O–H groups in total. The van der Waals surface area contributed by atoms with Gasteiger partial charge in [0.05, 0.1) is 22.3 Å². The van der Waals surface area contributed by atoms with Gasteiger partial charge in [-0.1, -0.05) is 17.7 Å². The van der Waals surface area contributed by atoms with Crippen LogP contribution in [0.5, 0.6) is 0 Å². The lowest BCUT2D eigenvalue weighted by Gasteiger charge is -2.40. The van der Waals surface area contributed by atoms with E-state index in [1.165, 1.54) is 0 Å². The summed E-state index contributed by atoms with van der Waals surface area (Å²) >= 11 is 6.22. The van der Waals surface area contributed by atoms with E-state index in [4.69, 9.17) is 16.9 Å². The number of hydrogen-bond donors (Lipinski definition) is 0. The highest BCUT2D eigenvalue weighted by Crippen LogP contribution is 2.35. The van der Waals surface area contributed by atoms with Crippen LogP contribution in [0.15, 0.2) is 36.8 Å². The van der Waals surface area contributed by atoms with Crippen molar-refractivity contribution in [3.05, 3.63) is 47.5 Å². The summed E-state index contributed by atoms with van der Waals surface area (Å²) in [4.78, 5) is 22.9. The van der Waals surface area contributed by atoms with Crippen molar-refractivity contribution in [1.82, 2.24) is 19.9 Å². The second-order valence-corrected chi connectivity index (χ2v) is 8.01. The highest BCUT2D eigenvalue weighted by Gasteiger charge is 2.34. The Balaban J connectivity index is 1.32. The SMILES string of the molecule is N#CC1CCN(c2nccnc2C2CN(c3ncc4c(Cl)cccc4n3)C2)CC1. The molecule has 2 aromatic heterocycles. The second kappa shape index (κ2) is 7.45. The monoisotopic (exact) mass is 405 g/mol. The molecule has 2 fully saturated rings. The van der Waals surface area contributed by atoms with Crippen LogP contribution < -0.4 is 9.80 Å². The number of nitrogens with zero attached hydrogens (tertiary/aromatic N) is 7. The van der Waals surface area contributed by atoms with E-state index < -0.39 is 0 Å². The maximum absolute atomic E-state index is 9.14. The molecule has 4 heterocycles. The number of benzene rings is 1. The number of halogens is 1. The van der Waals surface area contributed by atoms with Crippen molar-refractivity contribution in [2.45, 2.75) is 18.8 Å². The van der Waals surface area contributed by atoms with Gasteiger partial charge in [0.15, 0.2) is 5.82 Å². The fourth-order valence-electron chi connectivity index (χ4n) is 4.07. The number of piperidine rings is 1. The summed E-state index contributed by atoms with van der Waals surface area (Å²) in [5.41, 5.74) is 1.88. The van der Waals surface area contributed by atoms with Crippen LogP contribution in [-0.2, 0) is 0 Å². The molecule has 0 atom stereocenters. The molecule has 0 bridgehead atoms. The van der Waals surface area contributed by atoms with Gasteiger partial charge in [0, 0.05) is 62.0 Å². The Labute approximate surface area is 174 Å². The average molecular weight is 406 g/mol. The Morgan fingerprint density at radius 3 is 2.62 bits per heavy atom. The number of nitriles is 1. The third kappa shape index (κ3) is 3.34. The van der Waals surface area contributed by atoms with Crippen LogP contribution >= 0.6 is 11.6 Å². The highest BCUT2D eigenvalue weighted by atomic mass is 35.5. The molecule has 1 aromatic carbocycles. The molecule has 0 unspecified atom stereocenters. The summed E-state index contributed by atoms with van der Waals surface area (Å²) in [6.07, 6.45) is 7.08. The van der Waals surface area contributed by atoms with Crippen LogP contribution in [0.3, 0.4) is 0 Å². The number of hydrogen-bond acceptors (Lipinski definition) is 7. The first kappa shape index (κ1) is 18.1. The van der Waals surface area contributed by atoms with E-state index in [2.05, 4.69) is 35.8 Å². The normalized spacial score (nSPS) is 17.9. The minimum atomic E-state index is 0.157. The van der Waals surface area contributed by atoms with Crippen molar-refractivity contribution in [2.24, 2.45) is 5.92 Å². The van der Waals surface area contributed by atoms with Crippen molar-refractivity contribution in [2.75, 3.05) is 36.0 Å². The fourth-order valence-corrected chi connectivity index (χ4v) is 4.29. The molecule has 146 valence electrons. The van der Waals surface area contributed by atoms with Crippen molar-refractivity contribution >= 4 is 34.3 Å². The topological polar surface area (TPSA) is 81.8 Å². The van der Waals surface area contributed by atoms with Gasteiger partial charge < -0.3 is 9.80 Å². The van der Waals surface area contributed by atoms with E-state index >= 15 is 0 Å². The van der Waals surface area contributed by atoms with E-state index in [1.54, 1.807) is 18.6 Å². The van der Waals surface area contributed by atoms with Crippen molar-refractivity contribution in [3.63, 3.8) is 0 Å². The zero-order valence-corrected chi connectivity index (χ0v) is 16.6. The molecular formula is C21H20ClN7. The first-order valence-corrected chi connectivity index (χ1v) is 10.2. The first-order chi connectivity index (χ1) is 14.2. The zero-order chi connectivity index (χ0) is 19.8. The van der Waals surface area contributed by atoms with Gasteiger partial charge in [0.1, 0.15) is 0 Å². The Hall–Kier alpha value is -2.98. The summed E-state index contributed by atoms with van der Waals surface area (Å²) in [6, 6.07) is 8.09. The molecule has 29 heavy (non-hydrogen) atoms. The van der Waals surface area contributed by atoms with E-state index in [0.717, 1.165) is 67.4 Å². The third-order valence-electron chi connectivity index (χ3n) is 5.79. The molecule has 7 nitrogen and oxygen atoms in total. The largest absolute Gasteiger partial charge is 0.355 e. The first-order valence-electron chi connectivity index (χ1n) is 9.84. The Morgan fingerprint density at radius 1 is 1.03 bits per heavy atom. The Morgan fingerprint density at radius 2 is 1.83 bits per heavy atom. The molecule has 0 spiro atoms. The molecule has 2 saturated heterocycles. The average Bonchev–Trinajstić information content (AvgIpc) is 2.73. The van der Waals surface area contributed by atoms with Crippen molar-refractivity contribution in [1.29, 1.82) is 5.26 Å². The molecule has 0 amide bonds. The maximum Gasteiger partial charge on any atom is 0.225 e. The minimum Gasteiger partial charge on any atom is -0.355 e. The van der Waals surface area contributed by atoms with Crippen LogP contribution in [0, 0.1) is 17.2 Å². The van der Waals surface area contributed by atoms with E-state index in [-0.39, 0.29) is 5.92 Å². The number of aromatic nitrogens is 4. The molecule has 0 radical (unpaired) electrons. The van der Waals surface area contributed by atoms with Gasteiger partial charge in [-0.3, -0.25) is 4.98 Å². The molecule has 0 aliphatic carbocycles. The highest BCUT2D eigenvalue weighted by molar-refractivity contribution is 6.35. The molecule has 2 aliphatic rings. The lowest BCUT2D eigenvalue weighted by Crippen LogP contribution is -2.47. The molecular weight excluding hydrogens is 386 g/mol. The summed E-state index contributed by atoms with van der Waals surface area (Å²) in [5, 5.41) is 10.7. The fraction of sp³-hybridized carbons (Fsp3) is 0.381. The van der Waals surface area contributed by atoms with E-state index in [0.29, 0.717) is 10.9 Å². The van der Waals surface area contributed by atoms with Gasteiger partial charge in [0.2, 0.25) is 5.95 Å². The van der Waals surface area contributed by atoms with Gasteiger partial charge in [-0.15, -0.1) is 0 Å². The van der Waals surface area contributed by atoms with E-state index in [1.807, 2.05) is 18.2 Å². The van der Waals surface area contributed by atoms with Crippen molar-refractivity contribution in [3.8, 4) is 6.07 Å². The number of fused-ring (bicyclic) bond motifs is 1. The summed E-state index contributed by atoms with van der Waals surface area (Å²) in [7, 11) is 0. The van der Waals surface area contributed by atoms with Gasteiger partial charge >= 0.3 is 0 Å². The summed E-state index contributed by atoms with van der Waals surface area (Å²) in [6.45, 7) is 3.34. The molecule has 8 heteroatoms. The molecule has 0 saturated carbocycles. The predicted octanol–water partition coefficient (Wildman–Crippen LogP) is 3.42. The van der Waals surface area contributed by atoms with Crippen LogP contribution in [0.2, 0.25) is 5.02 Å². The Bertz CT molecular complexity index is 1080. The predicted molar refractivity (Wildman–Crippen MR) is 112 cm³/mol. The number of anilines is 2. The second-order valence-electron chi connectivity index (χ2n) is 7.60. The minimum absolute atomic E-state index is 0.157. The maximum atomic E-state index is 9.14. The van der Waals surface area contributed by atoms with Crippen LogP contribution in [0.25, 0.3) is 10.9 Å². The lowest BCUT2D eigenvalue weighted by atomic mass is 9.94. The van der Waals surface area contributed by atoms with Gasteiger partial charge in [-0.05, 0) is 25.0 Å². The lowest BCUT2D eigenvalue weighted by molar-refractivity contribution is 0.472. The van der Waals surface area contributed by atoms with Crippen LogP contribution in [-0.4, -0.2) is 46.1 Å². The summed E-state index contributed by atoms with van der Waals surface area (Å²) in [5.74, 6) is 2.13. The molecule has 2 aliphatic heterocycles. The van der Waals surface area contributed by atoms with Gasteiger partial charge in [0.25, 0.3) is 0 Å². The summed E-state index contributed by atoms with van der Waals surface area (Å²) < 4.78 is 0.